The van der Waals surface area contributed by atoms with Crippen molar-refractivity contribution in [3.8, 4) is 5.75 Å². The third-order valence-corrected chi connectivity index (χ3v) is 6.91. The van der Waals surface area contributed by atoms with Gasteiger partial charge in [0.15, 0.2) is 0 Å². The average molecular weight is 472 g/mol. The maximum atomic E-state index is 6.13. The van der Waals surface area contributed by atoms with Crippen LogP contribution < -0.4 is 14.8 Å². The number of nitrogens with zero attached hydrogens (tertiary/aromatic N) is 1. The van der Waals surface area contributed by atoms with Crippen molar-refractivity contribution >= 4 is 24.4 Å². The first kappa shape index (κ1) is 23.2. The molecule has 1 saturated carbocycles. The predicted octanol–water partition coefficient (Wildman–Crippen LogP) is 5.44. The first-order valence-corrected chi connectivity index (χ1v) is 11.9. The van der Waals surface area contributed by atoms with Gasteiger partial charge in [0.2, 0.25) is 0 Å². The van der Waals surface area contributed by atoms with Crippen molar-refractivity contribution in [1.29, 1.82) is 0 Å². The first-order valence-electron chi connectivity index (χ1n) is 11.1. The van der Waals surface area contributed by atoms with Crippen molar-refractivity contribution in [1.82, 2.24) is 15.2 Å². The fourth-order valence-corrected chi connectivity index (χ4v) is 4.91. The monoisotopic (exact) mass is 471 g/mol. The molecular formula is C25H30ClN3O2S. The van der Waals surface area contributed by atoms with Crippen molar-refractivity contribution in [3.63, 3.8) is 0 Å². The Bertz CT molecular complexity index is 991. The minimum absolute atomic E-state index is 0.158. The minimum Gasteiger partial charge on any atom is -0.492 e. The molecule has 0 saturated heterocycles. The Kier molecular flexibility index (Phi) is 7.79. The molecule has 1 aromatic heterocycles. The Morgan fingerprint density at radius 3 is 2.62 bits per heavy atom. The molecule has 0 radical (unpaired) electrons. The van der Waals surface area contributed by atoms with Crippen molar-refractivity contribution in [2.45, 2.75) is 44.1 Å². The molecule has 1 fully saturated rings. The zero-order valence-electron chi connectivity index (χ0n) is 18.3. The number of aromatic nitrogens is 1. The van der Waals surface area contributed by atoms with Gasteiger partial charge in [0.1, 0.15) is 18.1 Å². The van der Waals surface area contributed by atoms with Gasteiger partial charge < -0.3 is 14.6 Å². The number of benzene rings is 2. The molecule has 5 nitrogen and oxygen atoms in total. The number of aryl methyl sites for hydroxylation is 1. The summed E-state index contributed by atoms with van der Waals surface area (Å²) in [5, 5.41) is 8.06. The maximum absolute atomic E-state index is 6.13. The molecule has 2 heterocycles. The zero-order chi connectivity index (χ0) is 22.4. The van der Waals surface area contributed by atoms with Gasteiger partial charge in [0.25, 0.3) is 0 Å². The normalized spacial score (nSPS) is 18.7. The van der Waals surface area contributed by atoms with Crippen molar-refractivity contribution in [3.05, 3.63) is 82.2 Å². The highest BCUT2D eigenvalue weighted by Crippen LogP contribution is 2.53. The van der Waals surface area contributed by atoms with E-state index in [1.165, 1.54) is 36.0 Å². The van der Waals surface area contributed by atoms with Crippen LogP contribution in [-0.2, 0) is 11.8 Å². The molecule has 5 rings (SSSR count). The molecule has 3 aromatic rings. The van der Waals surface area contributed by atoms with Gasteiger partial charge in [-0.1, -0.05) is 54.2 Å². The van der Waals surface area contributed by atoms with E-state index in [-0.39, 0.29) is 5.41 Å². The standard InChI is InChI=1S/C21H25ClN2OS.C4H5NO/c22-17-5-3-16(4-6-17)21(9-1-10-21)20-19-14-18(25-13-12-24-26)7-2-15(19)8-11-23-20;1-4-2-3-5-6-4/h2-7,14,20,23-24,26H,1,8-13H2;2-3H,1H3. The van der Waals surface area contributed by atoms with Gasteiger partial charge in [0.05, 0.1) is 6.20 Å². The number of hydrogen-bond acceptors (Lipinski definition) is 6. The second-order valence-electron chi connectivity index (χ2n) is 8.39. The van der Waals surface area contributed by atoms with Gasteiger partial charge in [-0.2, -0.15) is 0 Å². The van der Waals surface area contributed by atoms with Crippen LogP contribution in [0.15, 0.2) is 59.3 Å². The Morgan fingerprint density at radius 1 is 1.22 bits per heavy atom. The smallest absolute Gasteiger partial charge is 0.133 e. The lowest BCUT2D eigenvalue weighted by molar-refractivity contribution is 0.164. The molecular weight excluding hydrogens is 442 g/mol. The fourth-order valence-electron chi connectivity index (χ4n) is 4.69. The molecule has 2 aromatic carbocycles. The van der Waals surface area contributed by atoms with Crippen molar-refractivity contribution in [2.75, 3.05) is 19.7 Å². The lowest BCUT2D eigenvalue weighted by atomic mass is 9.58. The van der Waals surface area contributed by atoms with E-state index in [4.69, 9.17) is 16.3 Å². The summed E-state index contributed by atoms with van der Waals surface area (Å²) in [4.78, 5) is 0. The van der Waals surface area contributed by atoms with Crippen LogP contribution in [0.3, 0.4) is 0 Å². The summed E-state index contributed by atoms with van der Waals surface area (Å²) in [7, 11) is 0. The van der Waals surface area contributed by atoms with Gasteiger partial charge >= 0.3 is 0 Å². The molecule has 170 valence electrons. The van der Waals surface area contributed by atoms with E-state index in [2.05, 4.69) is 62.9 Å². The quantitative estimate of drug-likeness (QED) is 0.330. The van der Waals surface area contributed by atoms with Crippen LogP contribution >= 0.6 is 24.4 Å². The number of rotatable bonds is 6. The van der Waals surface area contributed by atoms with E-state index in [0.717, 1.165) is 36.0 Å². The summed E-state index contributed by atoms with van der Waals surface area (Å²) >= 11 is 10.1. The number of hydrogen-bond donors (Lipinski definition) is 3. The summed E-state index contributed by atoms with van der Waals surface area (Å²) in [5.74, 6) is 1.79. The van der Waals surface area contributed by atoms with E-state index >= 15 is 0 Å². The molecule has 1 unspecified atom stereocenters. The molecule has 32 heavy (non-hydrogen) atoms. The van der Waals surface area contributed by atoms with Gasteiger partial charge in [-0.05, 0) is 73.7 Å². The van der Waals surface area contributed by atoms with Crippen LogP contribution in [0.2, 0.25) is 5.02 Å². The molecule has 7 heteroatoms. The highest BCUT2D eigenvalue weighted by molar-refractivity contribution is 7.78. The fraction of sp³-hybridized carbons (Fsp3) is 0.400. The highest BCUT2D eigenvalue weighted by atomic mass is 35.5. The molecule has 0 amide bonds. The summed E-state index contributed by atoms with van der Waals surface area (Å²) in [5.41, 5.74) is 4.38. The third kappa shape index (κ3) is 5.15. The molecule has 1 aliphatic carbocycles. The second-order valence-corrected chi connectivity index (χ2v) is 9.15. The molecule has 1 aliphatic heterocycles. The van der Waals surface area contributed by atoms with Crippen LogP contribution in [0.4, 0.5) is 0 Å². The number of nitrogens with one attached hydrogen (secondary N) is 2. The zero-order valence-corrected chi connectivity index (χ0v) is 20.0. The Morgan fingerprint density at radius 2 is 2.03 bits per heavy atom. The summed E-state index contributed by atoms with van der Waals surface area (Å²) in [6.07, 6.45) is 6.39. The van der Waals surface area contributed by atoms with Crippen LogP contribution in [-0.4, -0.2) is 24.9 Å². The van der Waals surface area contributed by atoms with Gasteiger partial charge in [-0.3, -0.25) is 4.72 Å². The summed E-state index contributed by atoms with van der Waals surface area (Å²) in [6.45, 7) is 4.21. The van der Waals surface area contributed by atoms with Gasteiger partial charge in [0, 0.05) is 29.1 Å². The van der Waals surface area contributed by atoms with Crippen LogP contribution in [0, 0.1) is 6.92 Å². The third-order valence-electron chi connectivity index (χ3n) is 6.44. The SMILES string of the molecule is Cc1ccno1.SNCCOc1ccc2c(c1)C(C1(c3ccc(Cl)cc3)CCC1)NCC2. The topological polar surface area (TPSA) is 59.3 Å². The van der Waals surface area contributed by atoms with Gasteiger partial charge in [-0.25, -0.2) is 0 Å². The van der Waals surface area contributed by atoms with Crippen LogP contribution in [0.25, 0.3) is 0 Å². The average Bonchev–Trinajstić information content (AvgIpc) is 3.26. The van der Waals surface area contributed by atoms with Gasteiger partial charge in [-0.15, -0.1) is 0 Å². The number of thiol groups is 1. The van der Waals surface area contributed by atoms with E-state index < -0.39 is 0 Å². The lowest BCUT2D eigenvalue weighted by Crippen LogP contribution is -2.49. The van der Waals surface area contributed by atoms with E-state index in [1.54, 1.807) is 12.3 Å². The molecule has 0 spiro atoms. The Labute approximate surface area is 200 Å². The second kappa shape index (κ2) is 10.8. The lowest BCUT2D eigenvalue weighted by Gasteiger charge is -2.50. The van der Waals surface area contributed by atoms with E-state index in [1.807, 2.05) is 19.1 Å². The summed E-state index contributed by atoms with van der Waals surface area (Å²) in [6, 6.07) is 17.1. The Balaban J connectivity index is 0.000000354. The number of halogens is 1. The van der Waals surface area contributed by atoms with E-state index in [0.29, 0.717) is 12.6 Å². The molecule has 2 N–H and O–H groups in total. The molecule has 1 atom stereocenters. The van der Waals surface area contributed by atoms with Crippen LogP contribution in [0.5, 0.6) is 5.75 Å². The van der Waals surface area contributed by atoms with E-state index in [9.17, 15) is 0 Å². The number of ether oxygens (including phenoxy) is 1. The minimum atomic E-state index is 0.158. The number of fused-ring (bicyclic) bond motifs is 1. The largest absolute Gasteiger partial charge is 0.492 e. The molecule has 0 bridgehead atoms. The van der Waals surface area contributed by atoms with Crippen LogP contribution in [0.1, 0.15) is 47.8 Å². The molecule has 2 aliphatic rings. The summed E-state index contributed by atoms with van der Waals surface area (Å²) < 4.78 is 13.3. The first-order chi connectivity index (χ1) is 15.6. The van der Waals surface area contributed by atoms with Crippen molar-refractivity contribution in [2.24, 2.45) is 0 Å². The highest BCUT2D eigenvalue weighted by Gasteiger charge is 2.47. The van der Waals surface area contributed by atoms with Crippen molar-refractivity contribution < 1.29 is 9.26 Å². The Hall–Kier alpha value is -1.99. The predicted molar refractivity (Wildman–Crippen MR) is 132 cm³/mol. The maximum Gasteiger partial charge on any atom is 0.133 e.